The van der Waals surface area contributed by atoms with Crippen molar-refractivity contribution in [2.24, 2.45) is 5.73 Å². The molecule has 7 heteroatoms. The summed E-state index contributed by atoms with van der Waals surface area (Å²) in [5.41, 5.74) is 7.18. The molecule has 0 saturated heterocycles. The lowest BCUT2D eigenvalue weighted by atomic mass is 10.2. The van der Waals surface area contributed by atoms with Gasteiger partial charge in [0.15, 0.2) is 5.58 Å². The van der Waals surface area contributed by atoms with Gasteiger partial charge in [0.05, 0.1) is 5.54 Å². The molecule has 20 heavy (non-hydrogen) atoms. The first-order chi connectivity index (χ1) is 9.10. The Hall–Kier alpha value is -1.63. The maximum Gasteiger partial charge on any atom is 0.244 e. The second kappa shape index (κ2) is 5.40. The van der Waals surface area contributed by atoms with Crippen molar-refractivity contribution in [3.05, 3.63) is 24.1 Å². The summed E-state index contributed by atoms with van der Waals surface area (Å²) in [6.45, 7) is 0.322. The summed E-state index contributed by atoms with van der Waals surface area (Å²) in [4.78, 5) is 16.1. The number of amides is 1. The molecule has 3 N–H and O–H groups in total. The Morgan fingerprint density at radius 3 is 2.95 bits per heavy atom. The minimum absolute atomic E-state index is 0. The number of hydrogen-bond donors (Lipinski definition) is 2. The molecule has 0 aliphatic heterocycles. The molecule has 0 bridgehead atoms. The van der Waals surface area contributed by atoms with E-state index in [2.05, 4.69) is 10.3 Å². The maximum atomic E-state index is 11.8. The van der Waals surface area contributed by atoms with Crippen LogP contribution in [0.2, 0.25) is 0 Å². The van der Waals surface area contributed by atoms with E-state index < -0.39 is 5.54 Å². The van der Waals surface area contributed by atoms with Crippen molar-refractivity contribution < 1.29 is 13.9 Å². The quantitative estimate of drug-likeness (QED) is 0.898. The molecule has 1 aliphatic rings. The molecule has 1 heterocycles. The van der Waals surface area contributed by atoms with Gasteiger partial charge in [-0.3, -0.25) is 4.79 Å². The highest BCUT2D eigenvalue weighted by molar-refractivity contribution is 6.00. The Kier molecular flexibility index (Phi) is 3.99. The summed E-state index contributed by atoms with van der Waals surface area (Å²) >= 11 is 0. The van der Waals surface area contributed by atoms with Gasteiger partial charge >= 0.3 is 0 Å². The molecule has 1 amide bonds. The highest BCUT2D eigenvalue weighted by Gasteiger charge is 2.45. The number of nitrogens with zero attached hydrogens (tertiary/aromatic N) is 1. The molecule has 1 fully saturated rings. The first-order valence-corrected chi connectivity index (χ1v) is 6.09. The van der Waals surface area contributed by atoms with E-state index in [1.165, 1.54) is 0 Å². The van der Waals surface area contributed by atoms with Gasteiger partial charge in [-0.25, -0.2) is 4.98 Å². The van der Waals surface area contributed by atoms with Gasteiger partial charge in [0, 0.05) is 12.8 Å². The number of nitrogens with one attached hydrogen (secondary N) is 1. The number of fused-ring (bicyclic) bond motifs is 1. The average Bonchev–Trinajstić information content (AvgIpc) is 3.00. The third-order valence-corrected chi connectivity index (χ3v) is 3.20. The van der Waals surface area contributed by atoms with Crippen LogP contribution in [0.3, 0.4) is 0 Å². The van der Waals surface area contributed by atoms with Crippen LogP contribution in [0, 0.1) is 0 Å². The van der Waals surface area contributed by atoms with E-state index in [0.29, 0.717) is 29.3 Å². The van der Waals surface area contributed by atoms with E-state index in [9.17, 15) is 4.79 Å². The van der Waals surface area contributed by atoms with Crippen molar-refractivity contribution in [2.45, 2.75) is 25.0 Å². The van der Waals surface area contributed by atoms with E-state index in [0.717, 1.165) is 12.8 Å². The predicted octanol–water partition coefficient (Wildman–Crippen LogP) is 1.83. The van der Waals surface area contributed by atoms with E-state index in [1.807, 2.05) is 0 Å². The number of halogens is 1. The number of carbonyl (C=O) groups excluding carboxylic acids is 1. The van der Waals surface area contributed by atoms with Gasteiger partial charge < -0.3 is 20.2 Å². The molecule has 1 aromatic heterocycles. The number of ether oxygens (including phenoxy) is 1. The first-order valence-electron chi connectivity index (χ1n) is 6.09. The lowest BCUT2D eigenvalue weighted by molar-refractivity contribution is -0.118. The van der Waals surface area contributed by atoms with Crippen LogP contribution in [0.4, 0.5) is 5.69 Å². The Balaban J connectivity index is 0.00000147. The number of aromatic nitrogens is 1. The van der Waals surface area contributed by atoms with Crippen molar-refractivity contribution in [3.63, 3.8) is 0 Å². The number of rotatable bonds is 4. The first kappa shape index (κ1) is 14.8. The number of benzene rings is 1. The molecule has 1 aromatic carbocycles. The zero-order valence-corrected chi connectivity index (χ0v) is 11.8. The van der Waals surface area contributed by atoms with Crippen LogP contribution in [0.1, 0.15) is 18.7 Å². The topological polar surface area (TPSA) is 90.4 Å². The molecule has 3 rings (SSSR count). The highest BCUT2D eigenvalue weighted by atomic mass is 35.5. The number of nitrogens with two attached hydrogens (primary N) is 1. The Morgan fingerprint density at radius 2 is 2.30 bits per heavy atom. The number of methoxy groups -OCH3 is 1. The van der Waals surface area contributed by atoms with Crippen molar-refractivity contribution in [2.75, 3.05) is 12.4 Å². The van der Waals surface area contributed by atoms with Crippen LogP contribution in [0.5, 0.6) is 0 Å². The minimum atomic E-state index is -0.681. The lowest BCUT2D eigenvalue weighted by Crippen LogP contribution is -2.37. The second-order valence-corrected chi connectivity index (χ2v) is 4.83. The van der Waals surface area contributed by atoms with Gasteiger partial charge in [-0.2, -0.15) is 0 Å². The number of oxazole rings is 1. The Labute approximate surface area is 122 Å². The molecule has 1 aliphatic carbocycles. The molecule has 0 spiro atoms. The van der Waals surface area contributed by atoms with Crippen LogP contribution in [0.25, 0.3) is 11.1 Å². The molecular weight excluding hydrogens is 282 g/mol. The zero-order chi connectivity index (χ0) is 13.5. The predicted molar refractivity (Wildman–Crippen MR) is 76.8 cm³/mol. The summed E-state index contributed by atoms with van der Waals surface area (Å²) < 4.78 is 10.4. The summed E-state index contributed by atoms with van der Waals surface area (Å²) in [7, 11) is 1.58. The molecule has 6 nitrogen and oxygen atoms in total. The summed E-state index contributed by atoms with van der Waals surface area (Å²) in [5.74, 6) is 0.367. The molecule has 0 unspecified atom stereocenters. The Bertz CT molecular complexity index is 637. The third kappa shape index (κ3) is 2.77. The van der Waals surface area contributed by atoms with Gasteiger partial charge in [0.1, 0.15) is 12.1 Å². The molecule has 1 saturated carbocycles. The van der Waals surface area contributed by atoms with Crippen LogP contribution in [-0.4, -0.2) is 23.5 Å². The van der Waals surface area contributed by atoms with Crippen LogP contribution in [-0.2, 0) is 16.1 Å². The maximum absolute atomic E-state index is 11.8. The molecular formula is C13H16ClN3O3. The zero-order valence-electron chi connectivity index (χ0n) is 11.0. The van der Waals surface area contributed by atoms with Crippen molar-refractivity contribution >= 4 is 35.1 Å². The largest absolute Gasteiger partial charge is 0.438 e. The highest BCUT2D eigenvalue weighted by Crippen LogP contribution is 2.33. The lowest BCUT2D eigenvalue weighted by Gasteiger charge is -2.09. The van der Waals surface area contributed by atoms with E-state index in [4.69, 9.17) is 14.9 Å². The standard InChI is InChI=1S/C13H15N3O3.ClH/c1-18-7-11-16-9-6-8(2-3-10(9)19-11)15-12(17)13(14)4-5-13;/h2-3,6H,4-5,7,14H2,1H3,(H,15,17);1H. The molecule has 108 valence electrons. The second-order valence-electron chi connectivity index (χ2n) is 4.83. The van der Waals surface area contributed by atoms with Gasteiger partial charge in [-0.05, 0) is 31.0 Å². The van der Waals surface area contributed by atoms with Crippen LogP contribution < -0.4 is 11.1 Å². The fourth-order valence-electron chi connectivity index (χ4n) is 1.86. The third-order valence-electron chi connectivity index (χ3n) is 3.20. The van der Waals surface area contributed by atoms with E-state index in [1.54, 1.807) is 25.3 Å². The summed E-state index contributed by atoms with van der Waals surface area (Å²) in [5, 5.41) is 2.80. The molecule has 2 aromatic rings. The fraction of sp³-hybridized carbons (Fsp3) is 0.385. The Morgan fingerprint density at radius 1 is 1.55 bits per heavy atom. The van der Waals surface area contributed by atoms with Crippen LogP contribution >= 0.6 is 12.4 Å². The van der Waals surface area contributed by atoms with Crippen LogP contribution in [0.15, 0.2) is 22.6 Å². The van der Waals surface area contributed by atoms with Crippen molar-refractivity contribution in [3.8, 4) is 0 Å². The number of carbonyl (C=O) groups is 1. The molecule has 0 radical (unpaired) electrons. The number of hydrogen-bond acceptors (Lipinski definition) is 5. The number of anilines is 1. The van der Waals surface area contributed by atoms with Gasteiger partial charge in [-0.15, -0.1) is 12.4 Å². The normalized spacial score (nSPS) is 15.7. The van der Waals surface area contributed by atoms with Crippen molar-refractivity contribution in [1.82, 2.24) is 4.98 Å². The minimum Gasteiger partial charge on any atom is -0.438 e. The van der Waals surface area contributed by atoms with Gasteiger partial charge in [0.25, 0.3) is 0 Å². The summed E-state index contributed by atoms with van der Waals surface area (Å²) in [6.07, 6.45) is 1.48. The average molecular weight is 298 g/mol. The van der Waals surface area contributed by atoms with E-state index in [-0.39, 0.29) is 18.3 Å². The smallest absolute Gasteiger partial charge is 0.244 e. The van der Waals surface area contributed by atoms with Gasteiger partial charge in [0.2, 0.25) is 11.8 Å². The summed E-state index contributed by atoms with van der Waals surface area (Å²) in [6, 6.07) is 5.31. The fourth-order valence-corrected chi connectivity index (χ4v) is 1.86. The molecule has 0 atom stereocenters. The van der Waals surface area contributed by atoms with E-state index >= 15 is 0 Å². The monoisotopic (exact) mass is 297 g/mol. The SMILES string of the molecule is COCc1nc2cc(NC(=O)C3(N)CC3)ccc2o1.Cl. The van der Waals surface area contributed by atoms with Gasteiger partial charge in [-0.1, -0.05) is 0 Å². The van der Waals surface area contributed by atoms with Crippen molar-refractivity contribution in [1.29, 1.82) is 0 Å².